The van der Waals surface area contributed by atoms with Crippen LogP contribution in [-0.2, 0) is 0 Å². The highest BCUT2D eigenvalue weighted by Crippen LogP contribution is 2.35. The van der Waals surface area contributed by atoms with Crippen molar-refractivity contribution in [3.05, 3.63) is 30.6 Å². The zero-order valence-corrected chi connectivity index (χ0v) is 10.8. The van der Waals surface area contributed by atoms with Gasteiger partial charge in [-0.3, -0.25) is 0 Å². The van der Waals surface area contributed by atoms with Crippen LogP contribution in [0.5, 0.6) is 0 Å². The Bertz CT molecular complexity index is 534. The number of nitrogens with zero attached hydrogens (tertiary/aromatic N) is 2. The first-order valence-corrected chi connectivity index (χ1v) is 6.89. The van der Waals surface area contributed by atoms with Crippen molar-refractivity contribution >= 4 is 11.0 Å². The third kappa shape index (κ3) is 1.93. The van der Waals surface area contributed by atoms with Crippen molar-refractivity contribution < 1.29 is 5.11 Å². The van der Waals surface area contributed by atoms with Crippen molar-refractivity contribution in [3.63, 3.8) is 0 Å². The molecule has 3 nitrogen and oxygen atoms in total. The molecule has 1 heterocycles. The van der Waals surface area contributed by atoms with Gasteiger partial charge in [0.05, 0.1) is 29.5 Å². The molecule has 1 fully saturated rings. The summed E-state index contributed by atoms with van der Waals surface area (Å²) in [6.45, 7) is 2.24. The fourth-order valence-electron chi connectivity index (χ4n) is 3.13. The standard InChI is InChI=1S/C15H20N2O/c1-2-11-7-8-15(18)14(9-11)17-10-16-12-5-3-4-6-13(12)17/h3-6,10-11,14-15,18H,2,7-9H2,1H3. The van der Waals surface area contributed by atoms with Crippen molar-refractivity contribution in [1.29, 1.82) is 0 Å². The Morgan fingerprint density at radius 1 is 1.33 bits per heavy atom. The Balaban J connectivity index is 1.97. The summed E-state index contributed by atoms with van der Waals surface area (Å²) in [4.78, 5) is 4.43. The zero-order chi connectivity index (χ0) is 12.5. The average Bonchev–Trinajstić information content (AvgIpc) is 2.83. The lowest BCUT2D eigenvalue weighted by molar-refractivity contribution is 0.0551. The summed E-state index contributed by atoms with van der Waals surface area (Å²) in [5.41, 5.74) is 2.15. The minimum Gasteiger partial charge on any atom is -0.391 e. The van der Waals surface area contributed by atoms with Gasteiger partial charge in [0, 0.05) is 0 Å². The van der Waals surface area contributed by atoms with Crippen LogP contribution in [0.25, 0.3) is 11.0 Å². The number of benzene rings is 1. The van der Waals surface area contributed by atoms with E-state index in [2.05, 4.69) is 22.5 Å². The Kier molecular flexibility index (Phi) is 3.08. The third-order valence-corrected chi connectivity index (χ3v) is 4.31. The molecule has 0 radical (unpaired) electrons. The number of fused-ring (bicyclic) bond motifs is 1. The van der Waals surface area contributed by atoms with E-state index in [-0.39, 0.29) is 12.1 Å². The Labute approximate surface area is 107 Å². The molecule has 1 saturated carbocycles. The van der Waals surface area contributed by atoms with Crippen LogP contribution in [0, 0.1) is 5.92 Å². The van der Waals surface area contributed by atoms with Gasteiger partial charge in [0.15, 0.2) is 0 Å². The summed E-state index contributed by atoms with van der Waals surface area (Å²) in [6, 6.07) is 8.35. The van der Waals surface area contributed by atoms with E-state index in [1.165, 1.54) is 6.42 Å². The van der Waals surface area contributed by atoms with Gasteiger partial charge in [-0.1, -0.05) is 25.5 Å². The van der Waals surface area contributed by atoms with Gasteiger partial charge in [0.1, 0.15) is 0 Å². The largest absolute Gasteiger partial charge is 0.391 e. The molecule has 3 unspecified atom stereocenters. The van der Waals surface area contributed by atoms with Crippen molar-refractivity contribution in [2.75, 3.05) is 0 Å². The number of para-hydroxylation sites is 2. The minimum absolute atomic E-state index is 0.191. The second kappa shape index (κ2) is 4.73. The molecule has 0 aliphatic heterocycles. The van der Waals surface area contributed by atoms with Crippen LogP contribution in [-0.4, -0.2) is 20.8 Å². The summed E-state index contributed by atoms with van der Waals surface area (Å²) in [5.74, 6) is 0.736. The number of aliphatic hydroxyl groups excluding tert-OH is 1. The highest BCUT2D eigenvalue weighted by atomic mass is 16.3. The lowest BCUT2D eigenvalue weighted by Crippen LogP contribution is -2.31. The topological polar surface area (TPSA) is 38.0 Å². The zero-order valence-electron chi connectivity index (χ0n) is 10.8. The molecule has 1 aromatic heterocycles. The molecule has 0 bridgehead atoms. The maximum atomic E-state index is 10.3. The predicted octanol–water partition coefficient (Wildman–Crippen LogP) is 3.15. The predicted molar refractivity (Wildman–Crippen MR) is 72.4 cm³/mol. The molecule has 1 N–H and O–H groups in total. The highest BCUT2D eigenvalue weighted by molar-refractivity contribution is 5.75. The van der Waals surface area contributed by atoms with Crippen LogP contribution >= 0.6 is 0 Å². The van der Waals surface area contributed by atoms with Crippen molar-refractivity contribution in [2.45, 2.75) is 44.8 Å². The van der Waals surface area contributed by atoms with E-state index in [0.717, 1.165) is 36.2 Å². The monoisotopic (exact) mass is 244 g/mol. The van der Waals surface area contributed by atoms with Gasteiger partial charge < -0.3 is 9.67 Å². The van der Waals surface area contributed by atoms with Crippen LogP contribution in [0.2, 0.25) is 0 Å². The van der Waals surface area contributed by atoms with Gasteiger partial charge in [0.2, 0.25) is 0 Å². The van der Waals surface area contributed by atoms with Crippen molar-refractivity contribution in [3.8, 4) is 0 Å². The van der Waals surface area contributed by atoms with E-state index in [1.807, 2.05) is 24.5 Å². The van der Waals surface area contributed by atoms with Gasteiger partial charge in [0.25, 0.3) is 0 Å². The number of hydrogen-bond acceptors (Lipinski definition) is 2. The maximum absolute atomic E-state index is 10.3. The Morgan fingerprint density at radius 3 is 3.00 bits per heavy atom. The van der Waals surface area contributed by atoms with Gasteiger partial charge in [-0.15, -0.1) is 0 Å². The summed E-state index contributed by atoms with van der Waals surface area (Å²) in [6.07, 6.45) is 5.99. The van der Waals surface area contributed by atoms with E-state index in [4.69, 9.17) is 0 Å². The first-order valence-electron chi connectivity index (χ1n) is 6.89. The summed E-state index contributed by atoms with van der Waals surface area (Å²) >= 11 is 0. The fraction of sp³-hybridized carbons (Fsp3) is 0.533. The second-order valence-corrected chi connectivity index (χ2v) is 5.36. The van der Waals surface area contributed by atoms with E-state index in [1.54, 1.807) is 0 Å². The van der Waals surface area contributed by atoms with Crippen LogP contribution < -0.4 is 0 Å². The normalized spacial score (nSPS) is 28.7. The van der Waals surface area contributed by atoms with Gasteiger partial charge in [-0.25, -0.2) is 4.98 Å². The molecule has 18 heavy (non-hydrogen) atoms. The molecule has 0 saturated heterocycles. The lowest BCUT2D eigenvalue weighted by Gasteiger charge is -2.34. The van der Waals surface area contributed by atoms with E-state index < -0.39 is 0 Å². The first kappa shape index (κ1) is 11.7. The molecule has 2 aromatic rings. The number of aromatic nitrogens is 2. The molecule has 3 atom stereocenters. The van der Waals surface area contributed by atoms with E-state index >= 15 is 0 Å². The van der Waals surface area contributed by atoms with E-state index in [9.17, 15) is 5.11 Å². The molecule has 3 heteroatoms. The first-order chi connectivity index (χ1) is 8.79. The molecular weight excluding hydrogens is 224 g/mol. The maximum Gasteiger partial charge on any atom is 0.0961 e. The smallest absolute Gasteiger partial charge is 0.0961 e. The van der Waals surface area contributed by atoms with Crippen LogP contribution in [0.1, 0.15) is 38.6 Å². The Morgan fingerprint density at radius 2 is 2.17 bits per heavy atom. The number of aliphatic hydroxyl groups is 1. The quantitative estimate of drug-likeness (QED) is 0.881. The molecule has 1 aliphatic carbocycles. The van der Waals surface area contributed by atoms with Crippen LogP contribution in [0.3, 0.4) is 0 Å². The number of imidazole rings is 1. The fourth-order valence-corrected chi connectivity index (χ4v) is 3.13. The van der Waals surface area contributed by atoms with Crippen LogP contribution in [0.4, 0.5) is 0 Å². The lowest BCUT2D eigenvalue weighted by atomic mass is 9.82. The van der Waals surface area contributed by atoms with Gasteiger partial charge >= 0.3 is 0 Å². The third-order valence-electron chi connectivity index (χ3n) is 4.31. The van der Waals surface area contributed by atoms with Gasteiger partial charge in [-0.05, 0) is 37.3 Å². The second-order valence-electron chi connectivity index (χ2n) is 5.36. The molecule has 3 rings (SSSR count). The minimum atomic E-state index is -0.231. The molecule has 0 amide bonds. The average molecular weight is 244 g/mol. The summed E-state index contributed by atoms with van der Waals surface area (Å²) < 4.78 is 2.17. The SMILES string of the molecule is CCC1CCC(O)C(n2cnc3ccccc32)C1. The van der Waals surface area contributed by atoms with Crippen molar-refractivity contribution in [1.82, 2.24) is 9.55 Å². The Hall–Kier alpha value is -1.35. The molecule has 96 valence electrons. The molecule has 0 spiro atoms. The van der Waals surface area contributed by atoms with Crippen LogP contribution in [0.15, 0.2) is 30.6 Å². The number of rotatable bonds is 2. The van der Waals surface area contributed by atoms with Crippen molar-refractivity contribution in [2.24, 2.45) is 5.92 Å². The van der Waals surface area contributed by atoms with E-state index in [0.29, 0.717) is 0 Å². The molecular formula is C15H20N2O. The molecule has 1 aromatic carbocycles. The summed E-state index contributed by atoms with van der Waals surface area (Å²) in [5, 5.41) is 10.3. The number of hydrogen-bond donors (Lipinski definition) is 1. The van der Waals surface area contributed by atoms with Gasteiger partial charge in [-0.2, -0.15) is 0 Å². The summed E-state index contributed by atoms with van der Waals surface area (Å²) in [7, 11) is 0. The highest BCUT2D eigenvalue weighted by Gasteiger charge is 2.30. The molecule has 1 aliphatic rings.